The van der Waals surface area contributed by atoms with E-state index in [9.17, 15) is 24.9 Å². The van der Waals surface area contributed by atoms with E-state index in [1.807, 2.05) is 0 Å². The van der Waals surface area contributed by atoms with Crippen molar-refractivity contribution in [2.45, 2.75) is 55.6 Å². The van der Waals surface area contributed by atoms with Crippen LogP contribution in [0.4, 0.5) is 5.69 Å². The van der Waals surface area contributed by atoms with E-state index in [0.717, 1.165) is 30.4 Å². The van der Waals surface area contributed by atoms with Crippen molar-refractivity contribution in [3.05, 3.63) is 69.3 Å². The summed E-state index contributed by atoms with van der Waals surface area (Å²) in [6.45, 7) is 1.54. The maximum Gasteiger partial charge on any atom is 0.198 e. The number of fused-ring (bicyclic) bond motifs is 5. The molecule has 1 unspecified atom stereocenters. The molecule has 178 valence electrons. The van der Waals surface area contributed by atoms with Gasteiger partial charge < -0.3 is 25.4 Å². The fourth-order valence-electron chi connectivity index (χ4n) is 6.51. The first kappa shape index (κ1) is 21.4. The van der Waals surface area contributed by atoms with Crippen LogP contribution in [-0.2, 0) is 23.2 Å². The van der Waals surface area contributed by atoms with Gasteiger partial charge in [-0.25, -0.2) is 0 Å². The number of anilines is 1. The van der Waals surface area contributed by atoms with Gasteiger partial charge in [-0.3, -0.25) is 9.59 Å². The van der Waals surface area contributed by atoms with Crippen molar-refractivity contribution in [2.24, 2.45) is 0 Å². The van der Waals surface area contributed by atoms with Crippen molar-refractivity contribution in [3.8, 4) is 29.4 Å². The van der Waals surface area contributed by atoms with Crippen molar-refractivity contribution in [3.63, 3.8) is 0 Å². The summed E-state index contributed by atoms with van der Waals surface area (Å²) in [5, 5.41) is 36.4. The van der Waals surface area contributed by atoms with Crippen LogP contribution in [-0.4, -0.2) is 50.7 Å². The number of ketones is 2. The number of aryl methyl sites for hydroxylation is 2. The summed E-state index contributed by atoms with van der Waals surface area (Å²) >= 11 is 0. The summed E-state index contributed by atoms with van der Waals surface area (Å²) in [6.07, 6.45) is 3.20. The largest absolute Gasteiger partial charge is 0.507 e. The highest BCUT2D eigenvalue weighted by molar-refractivity contribution is 6.31. The smallest absolute Gasteiger partial charge is 0.198 e. The summed E-state index contributed by atoms with van der Waals surface area (Å²) in [4.78, 5) is 27.6. The molecule has 36 heavy (non-hydrogen) atoms. The van der Waals surface area contributed by atoms with E-state index in [1.165, 1.54) is 25.1 Å². The van der Waals surface area contributed by atoms with Gasteiger partial charge in [0.25, 0.3) is 0 Å². The van der Waals surface area contributed by atoms with Gasteiger partial charge >= 0.3 is 0 Å². The number of aliphatic hydroxyl groups is 2. The highest BCUT2D eigenvalue weighted by Crippen LogP contribution is 2.67. The van der Waals surface area contributed by atoms with E-state index in [0.29, 0.717) is 5.56 Å². The molecule has 1 saturated heterocycles. The Hall–Kier alpha value is -3.88. The van der Waals surface area contributed by atoms with Crippen LogP contribution in [0.1, 0.15) is 61.9 Å². The standard InChI is InChI=1S/C29H21NO6/c1-14(31)28-21-9-4-2-3-5-10-22(33)29(28,36-28)19-13-20(32)23-24(25(19)30-21)27(35)18-12-16-8-6-7-15(16)11-17(18)26(23)34/h2-3,11-14,21-22,30-33H,6-8H2,1H3/b3-2-/t14-,21+,22?,28+,29+/m1/s1. The second-order valence-electron chi connectivity index (χ2n) is 9.94. The predicted octanol–water partition coefficient (Wildman–Crippen LogP) is 1.73. The Bertz CT molecular complexity index is 1600. The van der Waals surface area contributed by atoms with Crippen molar-refractivity contribution >= 4 is 17.3 Å². The fourth-order valence-corrected chi connectivity index (χ4v) is 6.51. The number of nitrogens with one attached hydrogen (secondary N) is 1. The first-order valence-electron chi connectivity index (χ1n) is 12.0. The lowest BCUT2D eigenvalue weighted by Crippen LogP contribution is -2.54. The molecule has 0 spiro atoms. The third-order valence-corrected chi connectivity index (χ3v) is 8.17. The van der Waals surface area contributed by atoms with Crippen molar-refractivity contribution < 1.29 is 29.6 Å². The first-order chi connectivity index (χ1) is 17.3. The molecular weight excluding hydrogens is 458 g/mol. The monoisotopic (exact) mass is 479 g/mol. The molecule has 5 atom stereocenters. The molecule has 7 rings (SSSR count). The molecule has 1 fully saturated rings. The number of hydrogen-bond donors (Lipinski definition) is 4. The van der Waals surface area contributed by atoms with Crippen molar-refractivity contribution in [1.29, 1.82) is 0 Å². The summed E-state index contributed by atoms with van der Waals surface area (Å²) in [5.74, 6) is 10.1. The lowest BCUT2D eigenvalue weighted by molar-refractivity contribution is 0.0867. The van der Waals surface area contributed by atoms with Crippen LogP contribution >= 0.6 is 0 Å². The van der Waals surface area contributed by atoms with Crippen LogP contribution in [0.15, 0.2) is 30.4 Å². The van der Waals surface area contributed by atoms with Gasteiger partial charge in [-0.2, -0.15) is 0 Å². The fraction of sp³-hybridized carbons (Fsp3) is 0.310. The van der Waals surface area contributed by atoms with E-state index in [2.05, 4.69) is 29.0 Å². The Morgan fingerprint density at radius 1 is 1.03 bits per heavy atom. The number of carbonyl (C=O) groups excluding carboxylic acids is 2. The molecule has 2 heterocycles. The Morgan fingerprint density at radius 3 is 2.33 bits per heavy atom. The normalized spacial score (nSPS) is 31.5. The second kappa shape index (κ2) is 6.87. The molecular formula is C29H21NO6. The molecule has 7 heteroatoms. The van der Waals surface area contributed by atoms with Crippen LogP contribution < -0.4 is 5.32 Å². The first-order valence-corrected chi connectivity index (χ1v) is 12.0. The van der Waals surface area contributed by atoms with Gasteiger partial charge in [0.05, 0.1) is 22.9 Å². The van der Waals surface area contributed by atoms with E-state index in [-0.39, 0.29) is 33.7 Å². The SMILES string of the molecule is C[C@@H](O)[C@@]12O[C@]13c1cc(O)c4c(c1N[C@H]2C#C/C=C\C#CC3O)C(=O)c1cc2c(cc1C4=O)CCC2. The lowest BCUT2D eigenvalue weighted by atomic mass is 9.69. The number of allylic oxidation sites excluding steroid dienone is 2. The Kier molecular flexibility index (Phi) is 4.08. The van der Waals surface area contributed by atoms with E-state index in [4.69, 9.17) is 4.74 Å². The van der Waals surface area contributed by atoms with Crippen molar-refractivity contribution in [1.82, 2.24) is 0 Å². The van der Waals surface area contributed by atoms with Crippen LogP contribution in [0, 0.1) is 23.7 Å². The van der Waals surface area contributed by atoms with Gasteiger partial charge in [-0.05, 0) is 67.7 Å². The molecule has 0 saturated carbocycles. The molecule has 0 aromatic heterocycles. The quantitative estimate of drug-likeness (QED) is 0.238. The van der Waals surface area contributed by atoms with Crippen LogP contribution in [0.3, 0.4) is 0 Å². The number of epoxide rings is 1. The molecule has 3 aliphatic carbocycles. The maximum absolute atomic E-state index is 14.0. The van der Waals surface area contributed by atoms with E-state index in [1.54, 1.807) is 12.1 Å². The third kappa shape index (κ3) is 2.36. The molecule has 0 amide bonds. The topological polar surface area (TPSA) is 119 Å². The van der Waals surface area contributed by atoms with Gasteiger partial charge in [0.1, 0.15) is 11.8 Å². The average molecular weight is 479 g/mol. The molecule has 2 bridgehead atoms. The van der Waals surface area contributed by atoms with Crippen LogP contribution in [0.25, 0.3) is 0 Å². The van der Waals surface area contributed by atoms with E-state index < -0.39 is 41.0 Å². The second-order valence-corrected chi connectivity index (χ2v) is 9.94. The van der Waals surface area contributed by atoms with Crippen LogP contribution in [0.5, 0.6) is 5.75 Å². The zero-order chi connectivity index (χ0) is 25.0. The summed E-state index contributed by atoms with van der Waals surface area (Å²) in [7, 11) is 0. The molecule has 4 N–H and O–H groups in total. The van der Waals surface area contributed by atoms with Gasteiger partial charge in [-0.15, -0.1) is 0 Å². The molecule has 2 aromatic rings. The minimum Gasteiger partial charge on any atom is -0.507 e. The Morgan fingerprint density at radius 2 is 1.67 bits per heavy atom. The summed E-state index contributed by atoms with van der Waals surface area (Å²) < 4.78 is 6.18. The molecule has 0 radical (unpaired) electrons. The summed E-state index contributed by atoms with van der Waals surface area (Å²) in [6, 6.07) is 4.08. The number of aliphatic hydroxyl groups excluding tert-OH is 2. The zero-order valence-electron chi connectivity index (χ0n) is 19.3. The lowest BCUT2D eigenvalue weighted by Gasteiger charge is -2.37. The number of aromatic hydroxyl groups is 1. The minimum atomic E-state index is -1.56. The van der Waals surface area contributed by atoms with Crippen molar-refractivity contribution in [2.75, 3.05) is 5.32 Å². The van der Waals surface area contributed by atoms with Gasteiger partial charge in [-0.1, -0.05) is 23.7 Å². The number of ether oxygens (including phenoxy) is 1. The highest BCUT2D eigenvalue weighted by Gasteiger charge is 2.82. The van der Waals surface area contributed by atoms with E-state index >= 15 is 0 Å². The number of benzene rings is 2. The third-order valence-electron chi connectivity index (χ3n) is 8.17. The minimum absolute atomic E-state index is 0.0223. The number of hydrogen-bond acceptors (Lipinski definition) is 7. The highest BCUT2D eigenvalue weighted by atomic mass is 16.7. The Balaban J connectivity index is 1.52. The van der Waals surface area contributed by atoms with Gasteiger partial charge in [0, 0.05) is 16.7 Å². The zero-order valence-corrected chi connectivity index (χ0v) is 19.3. The van der Waals surface area contributed by atoms with Gasteiger partial charge in [0.15, 0.2) is 28.9 Å². The maximum atomic E-state index is 14.0. The average Bonchev–Trinajstić information content (AvgIpc) is 3.41. The number of phenolic OH excluding ortho intramolecular Hbond substituents is 1. The number of carbonyl (C=O) groups is 2. The molecule has 2 aliphatic heterocycles. The molecule has 2 aromatic carbocycles. The number of phenols is 1. The Labute approximate surface area is 206 Å². The predicted molar refractivity (Wildman–Crippen MR) is 129 cm³/mol. The number of rotatable bonds is 1. The van der Waals surface area contributed by atoms with Crippen LogP contribution in [0.2, 0.25) is 0 Å². The molecule has 7 nitrogen and oxygen atoms in total. The van der Waals surface area contributed by atoms with Gasteiger partial charge in [0.2, 0.25) is 0 Å². The summed E-state index contributed by atoms with van der Waals surface area (Å²) in [5.41, 5.74) is 0.204. The molecule has 5 aliphatic rings.